The monoisotopic (exact) mass is 201 g/mol. The molecule has 1 N–H and O–H groups in total. The van der Waals surface area contributed by atoms with Crippen molar-refractivity contribution in [2.75, 3.05) is 7.05 Å². The predicted molar refractivity (Wildman–Crippen MR) is 63.1 cm³/mol. The maximum absolute atomic E-state index is 3.55. The summed E-state index contributed by atoms with van der Waals surface area (Å²) < 4.78 is 0. The van der Waals surface area contributed by atoms with Gasteiger partial charge in [0.25, 0.3) is 0 Å². The van der Waals surface area contributed by atoms with E-state index in [1.807, 2.05) is 0 Å². The molecule has 0 amide bonds. The maximum atomic E-state index is 3.55. The summed E-state index contributed by atoms with van der Waals surface area (Å²) >= 11 is 0. The highest BCUT2D eigenvalue weighted by atomic mass is 14.9. The summed E-state index contributed by atoms with van der Waals surface area (Å²) in [7, 11) is 2.13. The van der Waals surface area contributed by atoms with Gasteiger partial charge in [0.1, 0.15) is 0 Å². The first kappa shape index (κ1) is 9.41. The van der Waals surface area contributed by atoms with Crippen molar-refractivity contribution in [3.8, 4) is 0 Å². The van der Waals surface area contributed by atoms with Crippen LogP contribution in [0.25, 0.3) is 0 Å². The summed E-state index contributed by atoms with van der Waals surface area (Å²) in [5.41, 5.74) is 3.20. The van der Waals surface area contributed by atoms with Crippen LogP contribution < -0.4 is 5.32 Å². The van der Waals surface area contributed by atoms with Crippen molar-refractivity contribution in [2.45, 2.75) is 37.6 Å². The van der Waals surface area contributed by atoms with Gasteiger partial charge in [0.2, 0.25) is 0 Å². The lowest BCUT2D eigenvalue weighted by atomic mass is 9.90. The Morgan fingerprint density at radius 3 is 2.73 bits per heavy atom. The molecule has 2 unspecified atom stereocenters. The molecule has 0 bridgehead atoms. The molecule has 2 atom stereocenters. The second-order valence-corrected chi connectivity index (χ2v) is 5.00. The highest BCUT2D eigenvalue weighted by Crippen LogP contribution is 2.44. The van der Waals surface area contributed by atoms with E-state index in [0.29, 0.717) is 0 Å². The van der Waals surface area contributed by atoms with Crippen LogP contribution in [-0.4, -0.2) is 13.1 Å². The van der Waals surface area contributed by atoms with E-state index < -0.39 is 0 Å². The molecule has 0 saturated heterocycles. The van der Waals surface area contributed by atoms with E-state index >= 15 is 0 Å². The van der Waals surface area contributed by atoms with Crippen LogP contribution in [0.2, 0.25) is 0 Å². The topological polar surface area (TPSA) is 12.0 Å². The van der Waals surface area contributed by atoms with Gasteiger partial charge in [-0.2, -0.15) is 0 Å². The first-order valence-corrected chi connectivity index (χ1v) is 6.15. The molecule has 0 spiro atoms. The molecular weight excluding hydrogens is 182 g/mol. The molecule has 0 heterocycles. The number of hydrogen-bond acceptors (Lipinski definition) is 1. The molecule has 15 heavy (non-hydrogen) atoms. The van der Waals surface area contributed by atoms with Crippen molar-refractivity contribution in [3.63, 3.8) is 0 Å². The van der Waals surface area contributed by atoms with Gasteiger partial charge in [0, 0.05) is 12.0 Å². The summed E-state index contributed by atoms with van der Waals surface area (Å²) in [4.78, 5) is 0. The minimum absolute atomic E-state index is 0.730. The van der Waals surface area contributed by atoms with Gasteiger partial charge >= 0.3 is 0 Å². The Labute approximate surface area is 91.9 Å². The third-order valence-corrected chi connectivity index (χ3v) is 4.08. The second kappa shape index (κ2) is 3.64. The fourth-order valence-corrected chi connectivity index (χ4v) is 3.18. The number of rotatable bonds is 3. The molecule has 80 valence electrons. The van der Waals surface area contributed by atoms with E-state index in [1.54, 1.807) is 11.1 Å². The van der Waals surface area contributed by atoms with Crippen molar-refractivity contribution in [1.29, 1.82) is 0 Å². The van der Waals surface area contributed by atoms with Crippen LogP contribution in [0.5, 0.6) is 0 Å². The summed E-state index contributed by atoms with van der Waals surface area (Å²) in [5.74, 6) is 1.73. The van der Waals surface area contributed by atoms with Crippen LogP contribution in [0.3, 0.4) is 0 Å². The van der Waals surface area contributed by atoms with Gasteiger partial charge in [-0.25, -0.2) is 0 Å². The zero-order chi connectivity index (χ0) is 10.3. The van der Waals surface area contributed by atoms with Gasteiger partial charge in [0.15, 0.2) is 0 Å². The van der Waals surface area contributed by atoms with Crippen LogP contribution in [0.4, 0.5) is 0 Å². The number of hydrogen-bond donors (Lipinski definition) is 1. The number of fused-ring (bicyclic) bond motifs is 1. The quantitative estimate of drug-likeness (QED) is 0.793. The molecule has 1 aromatic rings. The third kappa shape index (κ3) is 1.59. The van der Waals surface area contributed by atoms with Crippen LogP contribution in [0, 0.1) is 5.92 Å². The summed E-state index contributed by atoms with van der Waals surface area (Å²) in [6.07, 6.45) is 5.50. The summed E-state index contributed by atoms with van der Waals surface area (Å²) in [5, 5.41) is 3.55. The normalized spacial score (nSPS) is 26.3. The van der Waals surface area contributed by atoms with E-state index in [4.69, 9.17) is 0 Å². The van der Waals surface area contributed by atoms with E-state index in [2.05, 4.69) is 36.6 Å². The van der Waals surface area contributed by atoms with Crippen molar-refractivity contribution in [3.05, 3.63) is 35.4 Å². The highest BCUT2D eigenvalue weighted by Gasteiger charge is 2.38. The predicted octanol–water partition coefficient (Wildman–Crippen LogP) is 2.71. The van der Waals surface area contributed by atoms with Crippen LogP contribution in [0.15, 0.2) is 24.3 Å². The minimum atomic E-state index is 0.730. The van der Waals surface area contributed by atoms with Crippen molar-refractivity contribution in [2.24, 2.45) is 5.92 Å². The summed E-state index contributed by atoms with van der Waals surface area (Å²) in [6, 6.07) is 9.73. The average Bonchev–Trinajstić information content (AvgIpc) is 3.01. The van der Waals surface area contributed by atoms with Gasteiger partial charge in [-0.15, -0.1) is 0 Å². The number of likely N-dealkylation sites (N-methyl/N-ethyl adjacent to an activating group) is 1. The Bertz CT molecular complexity index is 354. The molecule has 2 aliphatic carbocycles. The lowest BCUT2D eigenvalue weighted by Gasteiger charge is -2.23. The highest BCUT2D eigenvalue weighted by molar-refractivity contribution is 5.36. The van der Waals surface area contributed by atoms with Crippen LogP contribution >= 0.6 is 0 Å². The first-order valence-electron chi connectivity index (χ1n) is 6.15. The molecule has 0 radical (unpaired) electrons. The Morgan fingerprint density at radius 2 is 2.00 bits per heavy atom. The van der Waals surface area contributed by atoms with Gasteiger partial charge in [-0.3, -0.25) is 0 Å². The van der Waals surface area contributed by atoms with Gasteiger partial charge in [-0.05, 0) is 49.8 Å². The first-order chi connectivity index (χ1) is 7.40. The smallest absolute Gasteiger partial charge is 0.0161 e. The standard InChI is InChI=1S/C14H19N/c1-15-14(11-6-7-11)13-9-8-10-4-2-3-5-12(10)13/h2-5,11,13-15H,6-9H2,1H3. The van der Waals surface area contributed by atoms with E-state index in [1.165, 1.54) is 25.7 Å². The third-order valence-electron chi connectivity index (χ3n) is 4.08. The fourth-order valence-electron chi connectivity index (χ4n) is 3.18. The van der Waals surface area contributed by atoms with E-state index in [-0.39, 0.29) is 0 Å². The molecule has 1 nitrogen and oxygen atoms in total. The Morgan fingerprint density at radius 1 is 1.20 bits per heavy atom. The maximum Gasteiger partial charge on any atom is 0.0161 e. The number of nitrogens with one attached hydrogen (secondary N) is 1. The minimum Gasteiger partial charge on any atom is -0.316 e. The molecular formula is C14H19N. The van der Waals surface area contributed by atoms with Gasteiger partial charge in [-0.1, -0.05) is 24.3 Å². The van der Waals surface area contributed by atoms with Crippen LogP contribution in [-0.2, 0) is 6.42 Å². The number of benzene rings is 1. The molecule has 1 saturated carbocycles. The molecule has 2 aliphatic rings. The SMILES string of the molecule is CNC(C1CC1)C1CCc2ccccc21. The number of aryl methyl sites for hydroxylation is 1. The van der Waals surface area contributed by atoms with Gasteiger partial charge in [0.05, 0.1) is 0 Å². The van der Waals surface area contributed by atoms with E-state index in [9.17, 15) is 0 Å². The molecule has 1 heteroatoms. The average molecular weight is 201 g/mol. The van der Waals surface area contributed by atoms with Gasteiger partial charge < -0.3 is 5.32 Å². The molecule has 3 rings (SSSR count). The van der Waals surface area contributed by atoms with Crippen molar-refractivity contribution >= 4 is 0 Å². The molecule has 0 aliphatic heterocycles. The lowest BCUT2D eigenvalue weighted by Crippen LogP contribution is -2.33. The van der Waals surface area contributed by atoms with Crippen molar-refractivity contribution in [1.82, 2.24) is 5.32 Å². The second-order valence-electron chi connectivity index (χ2n) is 5.00. The Balaban J connectivity index is 1.88. The molecule has 1 aromatic carbocycles. The van der Waals surface area contributed by atoms with Crippen LogP contribution in [0.1, 0.15) is 36.3 Å². The lowest BCUT2D eigenvalue weighted by molar-refractivity contribution is 0.415. The fraction of sp³-hybridized carbons (Fsp3) is 0.571. The Hall–Kier alpha value is -0.820. The largest absolute Gasteiger partial charge is 0.316 e. The Kier molecular flexibility index (Phi) is 2.28. The van der Waals surface area contributed by atoms with E-state index in [0.717, 1.165) is 17.9 Å². The zero-order valence-electron chi connectivity index (χ0n) is 9.37. The zero-order valence-corrected chi connectivity index (χ0v) is 9.37. The molecule has 1 fully saturated rings. The summed E-state index contributed by atoms with van der Waals surface area (Å²) in [6.45, 7) is 0. The van der Waals surface area contributed by atoms with Crippen molar-refractivity contribution < 1.29 is 0 Å². The molecule has 0 aromatic heterocycles.